The molecule has 0 spiro atoms. The molecule has 2 N–H and O–H groups in total. The van der Waals surface area contributed by atoms with E-state index in [1.165, 1.54) is 0 Å². The Bertz CT molecular complexity index is 241. The molecule has 0 saturated carbocycles. The number of ether oxygens (including phenoxy) is 2. The van der Waals surface area contributed by atoms with Crippen LogP contribution in [0.5, 0.6) is 0 Å². The fourth-order valence-electron chi connectivity index (χ4n) is 2.16. The Balaban J connectivity index is 1.70. The highest BCUT2D eigenvalue weighted by Gasteiger charge is 2.29. The molecule has 92 valence electrons. The Morgan fingerprint density at radius 2 is 2.31 bits per heavy atom. The van der Waals surface area contributed by atoms with E-state index in [0.717, 1.165) is 13.1 Å². The minimum atomic E-state index is 0.0161. The van der Waals surface area contributed by atoms with Crippen molar-refractivity contribution in [3.8, 4) is 0 Å². The van der Waals surface area contributed by atoms with E-state index in [9.17, 15) is 4.79 Å². The second-order valence-electron chi connectivity index (χ2n) is 4.55. The van der Waals surface area contributed by atoms with Gasteiger partial charge in [-0.1, -0.05) is 6.92 Å². The monoisotopic (exact) mass is 228 g/mol. The summed E-state index contributed by atoms with van der Waals surface area (Å²) < 4.78 is 10.7. The van der Waals surface area contributed by atoms with Crippen LogP contribution in [-0.2, 0) is 14.3 Å². The first-order valence-electron chi connectivity index (χ1n) is 5.95. The van der Waals surface area contributed by atoms with Gasteiger partial charge < -0.3 is 20.1 Å². The number of carbonyl (C=O) groups is 1. The lowest BCUT2D eigenvalue weighted by Gasteiger charge is -2.24. The van der Waals surface area contributed by atoms with Crippen LogP contribution in [0.3, 0.4) is 0 Å². The summed E-state index contributed by atoms with van der Waals surface area (Å²) in [5.74, 6) is 0.653. The molecule has 5 heteroatoms. The fourth-order valence-corrected chi connectivity index (χ4v) is 2.16. The molecule has 16 heavy (non-hydrogen) atoms. The van der Waals surface area contributed by atoms with Gasteiger partial charge >= 0.3 is 0 Å². The summed E-state index contributed by atoms with van der Waals surface area (Å²) in [5.41, 5.74) is 0. The summed E-state index contributed by atoms with van der Waals surface area (Å²) in [4.78, 5) is 11.9. The molecule has 0 aromatic rings. The molecule has 2 heterocycles. The summed E-state index contributed by atoms with van der Waals surface area (Å²) in [6.07, 6.45) is 0.0161. The molecule has 2 saturated heterocycles. The number of rotatable bonds is 3. The first kappa shape index (κ1) is 11.8. The first-order valence-corrected chi connectivity index (χ1v) is 5.95. The smallest absolute Gasteiger partial charge is 0.224 e. The molecule has 3 atom stereocenters. The zero-order valence-corrected chi connectivity index (χ0v) is 9.70. The van der Waals surface area contributed by atoms with Crippen LogP contribution in [0.25, 0.3) is 0 Å². The van der Waals surface area contributed by atoms with Crippen molar-refractivity contribution in [2.75, 3.05) is 39.5 Å². The number of nitrogens with one attached hydrogen (secondary N) is 2. The topological polar surface area (TPSA) is 59.6 Å². The highest BCUT2D eigenvalue weighted by molar-refractivity contribution is 5.79. The van der Waals surface area contributed by atoms with E-state index in [4.69, 9.17) is 9.47 Å². The van der Waals surface area contributed by atoms with Gasteiger partial charge in [-0.3, -0.25) is 4.79 Å². The van der Waals surface area contributed by atoms with E-state index in [1.807, 2.05) is 0 Å². The Labute approximate surface area is 95.9 Å². The molecular weight excluding hydrogens is 208 g/mol. The third-order valence-electron chi connectivity index (χ3n) is 3.24. The van der Waals surface area contributed by atoms with Crippen molar-refractivity contribution in [3.63, 3.8) is 0 Å². The maximum Gasteiger partial charge on any atom is 0.224 e. The van der Waals surface area contributed by atoms with Gasteiger partial charge in [-0.15, -0.1) is 0 Å². The van der Waals surface area contributed by atoms with Crippen LogP contribution in [-0.4, -0.2) is 51.5 Å². The number of hydrogen-bond acceptors (Lipinski definition) is 4. The highest BCUT2D eigenvalue weighted by atomic mass is 16.6. The summed E-state index contributed by atoms with van der Waals surface area (Å²) in [7, 11) is 0. The minimum Gasteiger partial charge on any atom is -0.376 e. The Hall–Kier alpha value is -0.650. The van der Waals surface area contributed by atoms with Crippen LogP contribution in [0.15, 0.2) is 0 Å². The van der Waals surface area contributed by atoms with Gasteiger partial charge in [0.15, 0.2) is 0 Å². The molecule has 1 amide bonds. The predicted molar refractivity (Wildman–Crippen MR) is 59.1 cm³/mol. The van der Waals surface area contributed by atoms with E-state index in [1.54, 1.807) is 0 Å². The molecule has 0 bridgehead atoms. The molecule has 2 aliphatic rings. The van der Waals surface area contributed by atoms with Crippen molar-refractivity contribution in [1.29, 1.82) is 0 Å². The van der Waals surface area contributed by atoms with Crippen LogP contribution in [0.2, 0.25) is 0 Å². The van der Waals surface area contributed by atoms with Crippen LogP contribution in [0.4, 0.5) is 0 Å². The molecule has 0 radical (unpaired) electrons. The van der Waals surface area contributed by atoms with Gasteiger partial charge in [-0.25, -0.2) is 0 Å². The minimum absolute atomic E-state index is 0.0161. The van der Waals surface area contributed by atoms with Crippen molar-refractivity contribution >= 4 is 5.91 Å². The van der Waals surface area contributed by atoms with Gasteiger partial charge in [-0.2, -0.15) is 0 Å². The Morgan fingerprint density at radius 3 is 2.94 bits per heavy atom. The molecule has 5 nitrogen and oxygen atoms in total. The van der Waals surface area contributed by atoms with E-state index >= 15 is 0 Å². The van der Waals surface area contributed by atoms with Crippen molar-refractivity contribution in [2.45, 2.75) is 13.0 Å². The quantitative estimate of drug-likeness (QED) is 0.675. The molecule has 2 rings (SSSR count). The number of hydrogen-bond donors (Lipinski definition) is 2. The van der Waals surface area contributed by atoms with Gasteiger partial charge in [0, 0.05) is 13.1 Å². The van der Waals surface area contributed by atoms with Crippen molar-refractivity contribution in [2.24, 2.45) is 11.8 Å². The first-order chi connectivity index (χ1) is 7.77. The van der Waals surface area contributed by atoms with E-state index in [0.29, 0.717) is 32.3 Å². The summed E-state index contributed by atoms with van der Waals surface area (Å²) in [6, 6.07) is 0. The van der Waals surface area contributed by atoms with Gasteiger partial charge in [0.25, 0.3) is 0 Å². The second-order valence-corrected chi connectivity index (χ2v) is 4.55. The van der Waals surface area contributed by atoms with Gasteiger partial charge in [0.05, 0.1) is 31.8 Å². The molecule has 0 aromatic heterocycles. The second kappa shape index (κ2) is 5.61. The average Bonchev–Trinajstić information content (AvgIpc) is 2.74. The van der Waals surface area contributed by atoms with Gasteiger partial charge in [-0.05, 0) is 12.5 Å². The highest BCUT2D eigenvalue weighted by Crippen LogP contribution is 2.15. The van der Waals surface area contributed by atoms with E-state index in [-0.39, 0.29) is 17.9 Å². The third kappa shape index (κ3) is 2.93. The predicted octanol–water partition coefficient (Wildman–Crippen LogP) is -0.626. The van der Waals surface area contributed by atoms with Crippen LogP contribution in [0, 0.1) is 11.8 Å². The summed E-state index contributed by atoms with van der Waals surface area (Å²) >= 11 is 0. The number of carbonyl (C=O) groups excluding carboxylic acids is 1. The molecule has 0 aromatic carbocycles. The lowest BCUT2D eigenvalue weighted by atomic mass is 9.97. The Kier molecular flexibility index (Phi) is 4.15. The fraction of sp³-hybridized carbons (Fsp3) is 0.909. The normalized spacial score (nSPS) is 34.9. The zero-order valence-electron chi connectivity index (χ0n) is 9.70. The Morgan fingerprint density at radius 1 is 1.44 bits per heavy atom. The third-order valence-corrected chi connectivity index (χ3v) is 3.24. The maximum absolute atomic E-state index is 11.9. The SMILES string of the molecule is CC1CNCC1C(=O)NCC1COCCO1. The molecule has 2 aliphatic heterocycles. The summed E-state index contributed by atoms with van der Waals surface area (Å²) in [5, 5.41) is 6.16. The average molecular weight is 228 g/mol. The van der Waals surface area contributed by atoms with Crippen molar-refractivity contribution < 1.29 is 14.3 Å². The van der Waals surface area contributed by atoms with Crippen molar-refractivity contribution in [3.05, 3.63) is 0 Å². The molecular formula is C11H20N2O3. The standard InChI is InChI=1S/C11H20N2O3/c1-8-4-12-6-10(8)11(14)13-5-9-7-15-2-3-16-9/h8-10,12H,2-7H2,1H3,(H,13,14). The van der Waals surface area contributed by atoms with Crippen LogP contribution >= 0.6 is 0 Å². The summed E-state index contributed by atoms with van der Waals surface area (Å²) in [6.45, 7) is 6.25. The van der Waals surface area contributed by atoms with Gasteiger partial charge in [0.2, 0.25) is 5.91 Å². The molecule has 0 aliphatic carbocycles. The molecule has 2 fully saturated rings. The lowest BCUT2D eigenvalue weighted by molar-refractivity contribution is -0.128. The van der Waals surface area contributed by atoms with Crippen LogP contribution < -0.4 is 10.6 Å². The van der Waals surface area contributed by atoms with Crippen molar-refractivity contribution in [1.82, 2.24) is 10.6 Å². The maximum atomic E-state index is 11.9. The number of amides is 1. The molecule has 3 unspecified atom stereocenters. The lowest BCUT2D eigenvalue weighted by Crippen LogP contribution is -2.43. The largest absolute Gasteiger partial charge is 0.376 e. The zero-order chi connectivity index (χ0) is 11.4. The van der Waals surface area contributed by atoms with Gasteiger partial charge in [0.1, 0.15) is 0 Å². The van der Waals surface area contributed by atoms with Crippen LogP contribution in [0.1, 0.15) is 6.92 Å². The van der Waals surface area contributed by atoms with E-state index < -0.39 is 0 Å². The van der Waals surface area contributed by atoms with E-state index in [2.05, 4.69) is 17.6 Å².